The molecule has 0 bridgehead atoms. The summed E-state index contributed by atoms with van der Waals surface area (Å²) in [5, 5.41) is 20.3. The Hall–Kier alpha value is -2.88. The quantitative estimate of drug-likeness (QED) is 0.613. The van der Waals surface area contributed by atoms with Crippen molar-refractivity contribution in [1.29, 1.82) is 0 Å². The van der Waals surface area contributed by atoms with Gasteiger partial charge in [-0.05, 0) is 33.1 Å². The van der Waals surface area contributed by atoms with Gasteiger partial charge in [-0.2, -0.15) is 10.2 Å². The van der Waals surface area contributed by atoms with E-state index in [1.54, 1.807) is 7.11 Å². The van der Waals surface area contributed by atoms with Crippen LogP contribution in [-0.4, -0.2) is 72.7 Å². The number of H-pyrrole nitrogens is 1. The number of aromatic amines is 1. The molecule has 0 saturated heterocycles. The van der Waals surface area contributed by atoms with E-state index in [0.29, 0.717) is 13.2 Å². The molecule has 1 fully saturated rings. The Balaban J connectivity index is 1.39. The van der Waals surface area contributed by atoms with Crippen molar-refractivity contribution in [3.63, 3.8) is 0 Å². The summed E-state index contributed by atoms with van der Waals surface area (Å²) >= 11 is 0. The number of amides is 1. The van der Waals surface area contributed by atoms with Gasteiger partial charge in [-0.3, -0.25) is 15.1 Å². The molecular weight excluding hydrogens is 398 g/mol. The van der Waals surface area contributed by atoms with Gasteiger partial charge in [-0.1, -0.05) is 0 Å². The third kappa shape index (κ3) is 4.73. The Morgan fingerprint density at radius 3 is 3.00 bits per heavy atom. The Morgan fingerprint density at radius 1 is 1.39 bits per heavy atom. The number of nitrogens with one attached hydrogen (secondary N) is 3. The lowest BCUT2D eigenvalue weighted by Gasteiger charge is -2.22. The van der Waals surface area contributed by atoms with Crippen molar-refractivity contribution in [3.8, 4) is 0 Å². The first-order valence-electron chi connectivity index (χ1n) is 10.8. The minimum atomic E-state index is -0.345. The van der Waals surface area contributed by atoms with Gasteiger partial charge < -0.3 is 20.1 Å². The molecule has 3 unspecified atom stereocenters. The van der Waals surface area contributed by atoms with Gasteiger partial charge in [0, 0.05) is 44.1 Å². The van der Waals surface area contributed by atoms with Gasteiger partial charge in [0.2, 0.25) is 0 Å². The summed E-state index contributed by atoms with van der Waals surface area (Å²) in [6.45, 7) is 5.00. The van der Waals surface area contributed by atoms with Crippen LogP contribution in [0.4, 0.5) is 10.6 Å². The second-order valence-corrected chi connectivity index (χ2v) is 8.56. The summed E-state index contributed by atoms with van der Waals surface area (Å²) in [5.41, 5.74) is 4.00. The predicted molar refractivity (Wildman–Crippen MR) is 118 cm³/mol. The molecule has 1 aromatic heterocycles. The molecule has 10 nitrogen and oxygen atoms in total. The van der Waals surface area contributed by atoms with E-state index in [4.69, 9.17) is 9.47 Å². The average Bonchev–Trinajstić information content (AvgIpc) is 3.42. The summed E-state index contributed by atoms with van der Waals surface area (Å²) in [6.07, 6.45) is 4.03. The van der Waals surface area contributed by atoms with Gasteiger partial charge in [-0.15, -0.1) is 0 Å². The number of rotatable bonds is 7. The van der Waals surface area contributed by atoms with Crippen molar-refractivity contribution in [2.75, 3.05) is 32.6 Å². The highest BCUT2D eigenvalue weighted by molar-refractivity contribution is 5.96. The van der Waals surface area contributed by atoms with Crippen molar-refractivity contribution in [2.24, 2.45) is 16.0 Å². The lowest BCUT2D eigenvalue weighted by atomic mass is 9.97. The predicted octanol–water partition coefficient (Wildman–Crippen LogP) is 2.45. The molecule has 0 aromatic carbocycles. The molecule has 0 spiro atoms. The third-order valence-electron chi connectivity index (χ3n) is 5.80. The third-order valence-corrected chi connectivity index (χ3v) is 5.80. The van der Waals surface area contributed by atoms with Gasteiger partial charge in [0.15, 0.2) is 5.82 Å². The van der Waals surface area contributed by atoms with Gasteiger partial charge in [-0.25, -0.2) is 4.79 Å². The molecule has 2 aliphatic heterocycles. The first-order valence-corrected chi connectivity index (χ1v) is 10.8. The first kappa shape index (κ1) is 21.4. The normalized spacial score (nSPS) is 25.1. The van der Waals surface area contributed by atoms with E-state index >= 15 is 0 Å². The largest absolute Gasteiger partial charge is 0.446 e. The molecule has 1 aromatic rings. The van der Waals surface area contributed by atoms with Gasteiger partial charge in [0.25, 0.3) is 0 Å². The molecule has 1 saturated carbocycles. The van der Waals surface area contributed by atoms with E-state index in [1.807, 2.05) is 38.2 Å². The Labute approximate surface area is 182 Å². The number of carbonyl (C=O) groups excluding carboxylic acids is 1. The maximum atomic E-state index is 11.9. The Bertz CT molecular complexity index is 905. The van der Waals surface area contributed by atoms with Crippen molar-refractivity contribution in [1.82, 2.24) is 20.5 Å². The second kappa shape index (κ2) is 9.09. The lowest BCUT2D eigenvalue weighted by Crippen LogP contribution is -2.33. The SMILES string of the molecule is COCC1=NN(C)C2=C(Nc3cc(C4CCC(OC(=O)NC(C)C)C4)[nH]n3)C=NCC12. The zero-order valence-electron chi connectivity index (χ0n) is 18.5. The highest BCUT2D eigenvalue weighted by Gasteiger charge is 2.35. The fourth-order valence-corrected chi connectivity index (χ4v) is 4.44. The molecule has 3 atom stereocenters. The molecule has 1 amide bonds. The molecule has 3 heterocycles. The molecule has 3 N–H and O–H groups in total. The van der Waals surface area contributed by atoms with E-state index in [2.05, 4.69) is 30.9 Å². The number of ether oxygens (including phenoxy) is 2. The number of nitrogens with zero attached hydrogens (tertiary/aromatic N) is 4. The zero-order valence-corrected chi connectivity index (χ0v) is 18.5. The Morgan fingerprint density at radius 2 is 2.23 bits per heavy atom. The maximum Gasteiger partial charge on any atom is 0.407 e. The summed E-state index contributed by atoms with van der Waals surface area (Å²) in [6, 6.07) is 2.09. The molecule has 1 aliphatic carbocycles. The van der Waals surface area contributed by atoms with Crippen LogP contribution in [0.3, 0.4) is 0 Å². The van der Waals surface area contributed by atoms with Crippen molar-refractivity contribution in [2.45, 2.75) is 51.2 Å². The number of allylic oxidation sites excluding steroid dienone is 1. The van der Waals surface area contributed by atoms with Crippen molar-refractivity contribution in [3.05, 3.63) is 23.2 Å². The number of carbonyl (C=O) groups is 1. The summed E-state index contributed by atoms with van der Waals surface area (Å²) in [4.78, 5) is 16.4. The molecule has 3 aliphatic rings. The van der Waals surface area contributed by atoms with Crippen LogP contribution in [0, 0.1) is 5.92 Å². The van der Waals surface area contributed by atoms with Crippen molar-refractivity contribution < 1.29 is 14.3 Å². The minimum Gasteiger partial charge on any atom is -0.446 e. The number of hydrogen-bond donors (Lipinski definition) is 3. The number of dihydropyridines is 1. The van der Waals surface area contributed by atoms with Crippen molar-refractivity contribution >= 4 is 23.8 Å². The first-order chi connectivity index (χ1) is 14.9. The smallest absolute Gasteiger partial charge is 0.407 e. The zero-order chi connectivity index (χ0) is 22.0. The van der Waals surface area contributed by atoms with Crippen LogP contribution in [0.2, 0.25) is 0 Å². The number of anilines is 1. The number of aliphatic imine (C=N–C) groups is 1. The number of methoxy groups -OCH3 is 1. The molecule has 0 radical (unpaired) electrons. The highest BCUT2D eigenvalue weighted by Crippen LogP contribution is 2.36. The van der Waals surface area contributed by atoms with Crippen LogP contribution < -0.4 is 10.6 Å². The van der Waals surface area contributed by atoms with E-state index < -0.39 is 0 Å². The number of fused-ring (bicyclic) bond motifs is 1. The number of hydrogen-bond acceptors (Lipinski definition) is 8. The fourth-order valence-electron chi connectivity index (χ4n) is 4.44. The van der Waals surface area contributed by atoms with Crippen LogP contribution in [0.5, 0.6) is 0 Å². The molecular formula is C21H31N7O3. The number of aromatic nitrogens is 2. The number of alkyl carbamates (subject to hydrolysis) is 1. The lowest BCUT2D eigenvalue weighted by molar-refractivity contribution is 0.0981. The molecule has 31 heavy (non-hydrogen) atoms. The second-order valence-electron chi connectivity index (χ2n) is 8.56. The van der Waals surface area contributed by atoms with Crippen LogP contribution in [0.15, 0.2) is 27.6 Å². The standard InChI is InChI=1S/C21H31N7O3/c1-12(2)23-21(29)31-14-6-5-13(7-14)16-8-19(26-25-16)24-17-10-22-9-15-18(11-30-4)27-28(3)20(15)17/h8,10,12-15H,5-7,9,11H2,1-4H3,(H,23,29)(H2,24,25,26). The van der Waals surface area contributed by atoms with Gasteiger partial charge in [0.1, 0.15) is 6.10 Å². The molecule has 4 rings (SSSR count). The summed E-state index contributed by atoms with van der Waals surface area (Å²) < 4.78 is 10.8. The average molecular weight is 430 g/mol. The maximum absolute atomic E-state index is 11.9. The number of hydrazone groups is 1. The summed E-state index contributed by atoms with van der Waals surface area (Å²) in [7, 11) is 3.62. The fraction of sp³-hybridized carbons (Fsp3) is 0.619. The monoisotopic (exact) mass is 429 g/mol. The van der Waals surface area contributed by atoms with Crippen LogP contribution in [0.25, 0.3) is 0 Å². The van der Waals surface area contributed by atoms with Crippen LogP contribution in [-0.2, 0) is 9.47 Å². The van der Waals surface area contributed by atoms with E-state index in [1.165, 1.54) is 0 Å². The highest BCUT2D eigenvalue weighted by atomic mass is 16.6. The summed E-state index contributed by atoms with van der Waals surface area (Å²) in [5.74, 6) is 1.15. The topological polar surface area (TPSA) is 116 Å². The van der Waals surface area contributed by atoms with Gasteiger partial charge >= 0.3 is 6.09 Å². The van der Waals surface area contributed by atoms with E-state index in [9.17, 15) is 4.79 Å². The van der Waals surface area contributed by atoms with Gasteiger partial charge in [0.05, 0.1) is 36.2 Å². The van der Waals surface area contributed by atoms with E-state index in [0.717, 1.165) is 47.9 Å². The van der Waals surface area contributed by atoms with Crippen LogP contribution in [0.1, 0.15) is 44.7 Å². The minimum absolute atomic E-state index is 0.0666. The Kier molecular flexibility index (Phi) is 6.26. The van der Waals surface area contributed by atoms with E-state index in [-0.39, 0.29) is 30.1 Å². The van der Waals surface area contributed by atoms with Crippen LogP contribution >= 0.6 is 0 Å². The molecule has 10 heteroatoms. The molecule has 168 valence electrons.